The summed E-state index contributed by atoms with van der Waals surface area (Å²) in [6, 6.07) is 8.64. The van der Waals surface area contributed by atoms with E-state index >= 15 is 0 Å². The first-order valence-electron chi connectivity index (χ1n) is 5.53. The van der Waals surface area contributed by atoms with Crippen molar-refractivity contribution in [3.63, 3.8) is 0 Å². The predicted molar refractivity (Wildman–Crippen MR) is 69.7 cm³/mol. The van der Waals surface area contributed by atoms with E-state index in [0.29, 0.717) is 11.7 Å². The van der Waals surface area contributed by atoms with E-state index in [1.807, 2.05) is 23.9 Å². The lowest BCUT2D eigenvalue weighted by atomic mass is 10.2. The molecule has 2 aromatic heterocycles. The average molecular weight is 245 g/mol. The van der Waals surface area contributed by atoms with Gasteiger partial charge in [0.2, 0.25) is 0 Å². The summed E-state index contributed by atoms with van der Waals surface area (Å²) in [6.07, 6.45) is 1.99. The summed E-state index contributed by atoms with van der Waals surface area (Å²) in [5, 5.41) is 14.4. The van der Waals surface area contributed by atoms with E-state index in [1.54, 1.807) is 11.3 Å². The summed E-state index contributed by atoms with van der Waals surface area (Å²) in [5.74, 6) is 0. The smallest absolute Gasteiger partial charge is 0.120 e. The van der Waals surface area contributed by atoms with Gasteiger partial charge in [0.15, 0.2) is 0 Å². The molecule has 0 fully saturated rings. The van der Waals surface area contributed by atoms with E-state index in [4.69, 9.17) is 5.26 Å². The van der Waals surface area contributed by atoms with E-state index in [1.165, 1.54) is 4.88 Å². The first-order valence-corrected chi connectivity index (χ1v) is 6.41. The maximum absolute atomic E-state index is 8.87. The van der Waals surface area contributed by atoms with Crippen LogP contribution in [-0.4, -0.2) is 4.57 Å². The first-order chi connectivity index (χ1) is 8.20. The first kappa shape index (κ1) is 11.9. The molecule has 0 bridgehead atoms. The number of aryl methyl sites for hydroxylation is 1. The molecule has 4 heteroatoms. The van der Waals surface area contributed by atoms with Gasteiger partial charge in [0, 0.05) is 30.7 Å². The van der Waals surface area contributed by atoms with Crippen LogP contribution in [0.3, 0.4) is 0 Å². The Hall–Kier alpha value is -1.57. The monoisotopic (exact) mass is 245 g/mol. The molecule has 0 saturated carbocycles. The SMILES string of the molecule is C[C@H](NCc1cc(C#N)n(C)c1)c1cccs1. The summed E-state index contributed by atoms with van der Waals surface area (Å²) >= 11 is 1.76. The van der Waals surface area contributed by atoms with Crippen molar-refractivity contribution in [3.05, 3.63) is 45.9 Å². The van der Waals surface area contributed by atoms with Gasteiger partial charge in [-0.1, -0.05) is 6.07 Å². The Balaban J connectivity index is 1.96. The molecule has 0 aliphatic heterocycles. The summed E-state index contributed by atoms with van der Waals surface area (Å²) in [5.41, 5.74) is 1.85. The fourth-order valence-electron chi connectivity index (χ4n) is 1.75. The molecule has 0 aliphatic rings. The van der Waals surface area contributed by atoms with E-state index in [9.17, 15) is 0 Å². The number of hydrogen-bond donors (Lipinski definition) is 1. The summed E-state index contributed by atoms with van der Waals surface area (Å²) in [7, 11) is 1.89. The van der Waals surface area contributed by atoms with Crippen molar-refractivity contribution in [1.29, 1.82) is 5.26 Å². The predicted octanol–water partition coefficient (Wildman–Crippen LogP) is 2.81. The highest BCUT2D eigenvalue weighted by Gasteiger charge is 2.07. The van der Waals surface area contributed by atoms with Crippen LogP contribution >= 0.6 is 11.3 Å². The Morgan fingerprint density at radius 2 is 2.41 bits per heavy atom. The summed E-state index contributed by atoms with van der Waals surface area (Å²) in [4.78, 5) is 1.33. The van der Waals surface area contributed by atoms with Gasteiger partial charge in [0.25, 0.3) is 0 Å². The number of hydrogen-bond acceptors (Lipinski definition) is 3. The van der Waals surface area contributed by atoms with Gasteiger partial charge in [0.1, 0.15) is 11.8 Å². The second-order valence-electron chi connectivity index (χ2n) is 4.07. The zero-order chi connectivity index (χ0) is 12.3. The van der Waals surface area contributed by atoms with E-state index in [0.717, 1.165) is 12.1 Å². The van der Waals surface area contributed by atoms with Crippen LogP contribution in [0.25, 0.3) is 0 Å². The number of nitrogens with zero attached hydrogens (tertiary/aromatic N) is 2. The second kappa shape index (κ2) is 5.17. The highest BCUT2D eigenvalue weighted by atomic mass is 32.1. The standard InChI is InChI=1S/C13H15N3S/c1-10(13-4-3-5-17-13)15-8-11-6-12(7-14)16(2)9-11/h3-6,9-10,15H,8H2,1-2H3/t10-/m0/s1. The minimum Gasteiger partial charge on any atom is -0.342 e. The van der Waals surface area contributed by atoms with Crippen LogP contribution in [0.15, 0.2) is 29.8 Å². The zero-order valence-corrected chi connectivity index (χ0v) is 10.8. The fourth-order valence-corrected chi connectivity index (χ4v) is 2.51. The summed E-state index contributed by atoms with van der Waals surface area (Å²) in [6.45, 7) is 2.94. The van der Waals surface area contributed by atoms with Crippen molar-refractivity contribution in [2.24, 2.45) is 7.05 Å². The van der Waals surface area contributed by atoms with Gasteiger partial charge >= 0.3 is 0 Å². The van der Waals surface area contributed by atoms with Crippen molar-refractivity contribution in [3.8, 4) is 6.07 Å². The summed E-state index contributed by atoms with van der Waals surface area (Å²) < 4.78 is 1.85. The van der Waals surface area contributed by atoms with Crippen molar-refractivity contribution in [1.82, 2.24) is 9.88 Å². The molecule has 0 saturated heterocycles. The third kappa shape index (κ3) is 2.76. The Morgan fingerprint density at radius 3 is 3.00 bits per heavy atom. The van der Waals surface area contributed by atoms with Gasteiger partial charge in [0.05, 0.1) is 0 Å². The fraction of sp³-hybridized carbons (Fsp3) is 0.308. The lowest BCUT2D eigenvalue weighted by Crippen LogP contribution is -2.16. The van der Waals surface area contributed by atoms with Crippen molar-refractivity contribution in [2.45, 2.75) is 19.5 Å². The third-order valence-corrected chi connectivity index (χ3v) is 3.81. The van der Waals surface area contributed by atoms with Gasteiger partial charge in [-0.25, -0.2) is 0 Å². The van der Waals surface area contributed by atoms with E-state index in [2.05, 4.69) is 35.8 Å². The molecule has 0 aliphatic carbocycles. The van der Waals surface area contributed by atoms with Crippen LogP contribution in [0.5, 0.6) is 0 Å². The van der Waals surface area contributed by atoms with Gasteiger partial charge in [-0.15, -0.1) is 11.3 Å². The Labute approximate surface area is 105 Å². The van der Waals surface area contributed by atoms with Crippen molar-refractivity contribution < 1.29 is 0 Å². The Morgan fingerprint density at radius 1 is 1.59 bits per heavy atom. The average Bonchev–Trinajstić information content (AvgIpc) is 2.95. The number of nitrogens with one attached hydrogen (secondary N) is 1. The molecule has 17 heavy (non-hydrogen) atoms. The zero-order valence-electron chi connectivity index (χ0n) is 9.97. The molecule has 3 nitrogen and oxygen atoms in total. The topological polar surface area (TPSA) is 40.8 Å². The van der Waals surface area contributed by atoms with Crippen LogP contribution in [-0.2, 0) is 13.6 Å². The lowest BCUT2D eigenvalue weighted by Gasteiger charge is -2.10. The van der Waals surface area contributed by atoms with E-state index < -0.39 is 0 Å². The van der Waals surface area contributed by atoms with Gasteiger partial charge in [-0.3, -0.25) is 0 Å². The van der Waals surface area contributed by atoms with Crippen LogP contribution in [0.4, 0.5) is 0 Å². The molecule has 1 atom stereocenters. The molecular weight excluding hydrogens is 230 g/mol. The Kier molecular flexibility index (Phi) is 3.62. The molecule has 1 N–H and O–H groups in total. The largest absolute Gasteiger partial charge is 0.342 e. The molecule has 2 heterocycles. The number of aromatic nitrogens is 1. The molecule has 0 aromatic carbocycles. The van der Waals surface area contributed by atoms with Crippen molar-refractivity contribution >= 4 is 11.3 Å². The molecule has 88 valence electrons. The third-order valence-electron chi connectivity index (χ3n) is 2.76. The minimum absolute atomic E-state index is 0.348. The minimum atomic E-state index is 0.348. The molecule has 0 amide bonds. The van der Waals surface area contributed by atoms with Crippen LogP contribution in [0.1, 0.15) is 29.1 Å². The van der Waals surface area contributed by atoms with Crippen molar-refractivity contribution in [2.75, 3.05) is 0 Å². The molecule has 0 unspecified atom stereocenters. The normalized spacial score (nSPS) is 12.3. The highest BCUT2D eigenvalue weighted by Crippen LogP contribution is 2.18. The van der Waals surface area contributed by atoms with Gasteiger partial charge in [-0.05, 0) is 30.0 Å². The molecular formula is C13H15N3S. The quantitative estimate of drug-likeness (QED) is 0.899. The molecule has 0 radical (unpaired) electrons. The number of nitriles is 1. The van der Waals surface area contributed by atoms with Crippen LogP contribution in [0, 0.1) is 11.3 Å². The van der Waals surface area contributed by atoms with Gasteiger partial charge in [-0.2, -0.15) is 5.26 Å². The highest BCUT2D eigenvalue weighted by molar-refractivity contribution is 7.10. The van der Waals surface area contributed by atoms with Crippen LogP contribution in [0.2, 0.25) is 0 Å². The van der Waals surface area contributed by atoms with Gasteiger partial charge < -0.3 is 9.88 Å². The second-order valence-corrected chi connectivity index (χ2v) is 5.05. The molecule has 0 spiro atoms. The van der Waals surface area contributed by atoms with E-state index in [-0.39, 0.29) is 0 Å². The maximum Gasteiger partial charge on any atom is 0.120 e. The number of rotatable bonds is 4. The maximum atomic E-state index is 8.87. The molecule has 2 rings (SSSR count). The van der Waals surface area contributed by atoms with Crippen LogP contribution < -0.4 is 5.32 Å². The lowest BCUT2D eigenvalue weighted by molar-refractivity contribution is 0.582. The number of thiophene rings is 1. The Bertz CT molecular complexity index is 519. The molecule has 2 aromatic rings.